The number of fused-ring (bicyclic) bond motifs is 3. The molecule has 0 saturated heterocycles. The monoisotopic (exact) mass is 535 g/mol. The summed E-state index contributed by atoms with van der Waals surface area (Å²) in [5, 5.41) is 0.145. The molecule has 0 N–H and O–H groups in total. The predicted octanol–water partition coefficient (Wildman–Crippen LogP) is 9.89. The van der Waals surface area contributed by atoms with Crippen LogP contribution in [0.2, 0.25) is 18.1 Å². The number of benzene rings is 1. The fraction of sp³-hybridized carbons (Fsp3) is 0.676. The van der Waals surface area contributed by atoms with Crippen molar-refractivity contribution in [2.45, 2.75) is 143 Å². The third kappa shape index (κ3) is 5.30. The van der Waals surface area contributed by atoms with Crippen LogP contribution in [0.1, 0.15) is 147 Å². The van der Waals surface area contributed by atoms with Crippen LogP contribution in [0.5, 0.6) is 0 Å². The smallest absolute Gasteiger partial charge is 0.192 e. The molecule has 0 spiro atoms. The van der Waals surface area contributed by atoms with Crippen LogP contribution >= 0.6 is 0 Å². The van der Waals surface area contributed by atoms with Crippen LogP contribution in [0.25, 0.3) is 0 Å². The van der Waals surface area contributed by atoms with Gasteiger partial charge in [-0.3, -0.25) is 4.98 Å². The second-order valence-corrected chi connectivity index (χ2v) is 20.8. The average Bonchev–Trinajstić information content (AvgIpc) is 3.02. The van der Waals surface area contributed by atoms with Gasteiger partial charge in [-0.25, -0.2) is 0 Å². The minimum atomic E-state index is -2.01. The molecule has 0 bridgehead atoms. The third-order valence-corrected chi connectivity index (χ3v) is 13.7. The summed E-state index contributed by atoms with van der Waals surface area (Å²) in [6.07, 6.45) is 1.92. The molecule has 210 valence electrons. The molecular formula is C34H53NO2Si. The molecule has 1 aromatic carbocycles. The first-order valence-corrected chi connectivity index (χ1v) is 17.6. The van der Waals surface area contributed by atoms with Gasteiger partial charge in [-0.1, -0.05) is 93.5 Å². The number of hydrogen-bond donors (Lipinski definition) is 0. The molecule has 4 heteroatoms. The maximum Gasteiger partial charge on any atom is 0.192 e. The average molecular weight is 536 g/mol. The lowest BCUT2D eigenvalue weighted by Crippen LogP contribution is -2.44. The van der Waals surface area contributed by atoms with Gasteiger partial charge in [-0.05, 0) is 78.3 Å². The lowest BCUT2D eigenvalue weighted by atomic mass is 9.71. The van der Waals surface area contributed by atoms with E-state index in [4.69, 9.17) is 14.1 Å². The molecule has 3 nitrogen and oxygen atoms in total. The fourth-order valence-electron chi connectivity index (χ4n) is 6.09. The Morgan fingerprint density at radius 3 is 2.03 bits per heavy atom. The molecule has 1 aromatic heterocycles. The second kappa shape index (κ2) is 9.28. The first-order chi connectivity index (χ1) is 17.1. The molecular weight excluding hydrogens is 482 g/mol. The van der Waals surface area contributed by atoms with Crippen molar-refractivity contribution >= 4 is 8.32 Å². The van der Waals surface area contributed by atoms with Gasteiger partial charge in [0.05, 0.1) is 11.7 Å². The van der Waals surface area contributed by atoms with Crippen LogP contribution < -0.4 is 0 Å². The number of nitrogens with zero attached hydrogens (tertiary/aromatic N) is 1. The Labute approximate surface area is 234 Å². The van der Waals surface area contributed by atoms with Gasteiger partial charge in [0, 0.05) is 22.5 Å². The molecule has 2 aromatic rings. The maximum atomic E-state index is 7.26. The Bertz CT molecular complexity index is 1190. The van der Waals surface area contributed by atoms with E-state index in [0.717, 1.165) is 12.8 Å². The molecule has 0 radical (unpaired) electrons. The number of pyridine rings is 1. The quantitative estimate of drug-likeness (QED) is 0.365. The molecule has 1 unspecified atom stereocenters. The Hall–Kier alpha value is -1.49. The van der Waals surface area contributed by atoms with Crippen LogP contribution in [-0.4, -0.2) is 13.3 Å². The zero-order chi connectivity index (χ0) is 28.6. The van der Waals surface area contributed by atoms with Crippen molar-refractivity contribution in [2.24, 2.45) is 5.41 Å². The van der Waals surface area contributed by atoms with E-state index in [0.29, 0.717) is 5.92 Å². The van der Waals surface area contributed by atoms with Crippen molar-refractivity contribution in [3.8, 4) is 0 Å². The van der Waals surface area contributed by atoms with Crippen molar-refractivity contribution < 1.29 is 9.16 Å². The largest absolute Gasteiger partial charge is 0.410 e. The number of aromatic nitrogens is 1. The molecule has 4 rings (SSSR count). The van der Waals surface area contributed by atoms with Crippen LogP contribution in [-0.2, 0) is 26.6 Å². The summed E-state index contributed by atoms with van der Waals surface area (Å²) in [7, 11) is -2.01. The lowest BCUT2D eigenvalue weighted by molar-refractivity contribution is -0.0358. The highest BCUT2D eigenvalue weighted by Gasteiger charge is 2.49. The van der Waals surface area contributed by atoms with Gasteiger partial charge >= 0.3 is 0 Å². The van der Waals surface area contributed by atoms with E-state index in [9.17, 15) is 0 Å². The van der Waals surface area contributed by atoms with E-state index in [1.807, 2.05) is 0 Å². The first-order valence-electron chi connectivity index (χ1n) is 14.7. The summed E-state index contributed by atoms with van der Waals surface area (Å²) in [5.74, 6) is 0.313. The Kier molecular flexibility index (Phi) is 7.20. The van der Waals surface area contributed by atoms with Gasteiger partial charge in [-0.2, -0.15) is 0 Å². The Morgan fingerprint density at radius 2 is 1.53 bits per heavy atom. The molecule has 0 fully saturated rings. The van der Waals surface area contributed by atoms with Crippen LogP contribution in [0.3, 0.4) is 0 Å². The van der Waals surface area contributed by atoms with E-state index in [-0.39, 0.29) is 28.1 Å². The van der Waals surface area contributed by atoms with Gasteiger partial charge in [0.1, 0.15) is 6.10 Å². The summed E-state index contributed by atoms with van der Waals surface area (Å²) in [4.78, 5) is 5.48. The normalized spacial score (nSPS) is 22.9. The fourth-order valence-corrected chi connectivity index (χ4v) is 7.35. The number of rotatable bonds is 4. The van der Waals surface area contributed by atoms with Crippen molar-refractivity contribution in [1.82, 2.24) is 4.98 Å². The van der Waals surface area contributed by atoms with Gasteiger partial charge in [0.15, 0.2) is 8.32 Å². The topological polar surface area (TPSA) is 31.4 Å². The highest BCUT2D eigenvalue weighted by Crippen LogP contribution is 2.56. The van der Waals surface area contributed by atoms with E-state index < -0.39 is 13.9 Å². The standard InChI is InChI=1S/C34H53NO2Si/c1-21(2)29-27-28(34(11,12)36-30(27)22-15-17-23(18-16-22)31(3,4)5)26-24(35-29)19-33(9,10)20-25(26)37-38(13,14)32(6,7)8/h15-18,21,25,30H,19-20H2,1-14H3/t25?,30-/m1/s1. The van der Waals surface area contributed by atoms with E-state index in [2.05, 4.69) is 120 Å². The summed E-state index contributed by atoms with van der Waals surface area (Å²) in [6.45, 7) is 32.4. The van der Waals surface area contributed by atoms with Crippen molar-refractivity contribution in [1.29, 1.82) is 0 Å². The number of ether oxygens (including phenoxy) is 1. The molecule has 1 aliphatic carbocycles. The second-order valence-electron chi connectivity index (χ2n) is 16.1. The highest BCUT2D eigenvalue weighted by molar-refractivity contribution is 6.74. The van der Waals surface area contributed by atoms with Crippen LogP contribution in [0, 0.1) is 5.41 Å². The molecule has 38 heavy (non-hydrogen) atoms. The highest BCUT2D eigenvalue weighted by atomic mass is 28.4. The Morgan fingerprint density at radius 1 is 0.947 bits per heavy atom. The van der Waals surface area contributed by atoms with E-state index >= 15 is 0 Å². The summed E-state index contributed by atoms with van der Waals surface area (Å²) in [5.41, 5.74) is 8.78. The first kappa shape index (κ1) is 29.5. The van der Waals surface area contributed by atoms with Crippen LogP contribution in [0.4, 0.5) is 0 Å². The van der Waals surface area contributed by atoms with E-state index in [1.54, 1.807) is 0 Å². The molecule has 2 atom stereocenters. The van der Waals surface area contributed by atoms with Crippen LogP contribution in [0.15, 0.2) is 24.3 Å². The zero-order valence-electron chi connectivity index (χ0n) is 26.7. The van der Waals surface area contributed by atoms with Gasteiger partial charge < -0.3 is 9.16 Å². The third-order valence-electron chi connectivity index (χ3n) is 9.23. The molecule has 1 aliphatic heterocycles. The molecule has 0 saturated carbocycles. The SMILES string of the molecule is CC(C)c1nc2c(c3c1[C@@H](c1ccc(C(C)(C)C)cc1)OC3(C)C)C(O[Si](C)(C)C(C)(C)C)CC(C)(C)C2. The zero-order valence-corrected chi connectivity index (χ0v) is 27.7. The maximum absolute atomic E-state index is 7.26. The van der Waals surface area contributed by atoms with Gasteiger partial charge in [-0.15, -0.1) is 0 Å². The summed E-state index contributed by atoms with van der Waals surface area (Å²) in [6, 6.07) is 9.09. The van der Waals surface area contributed by atoms with Crippen molar-refractivity contribution in [3.05, 3.63) is 63.5 Å². The molecule has 2 aliphatic rings. The molecule has 0 amide bonds. The minimum Gasteiger partial charge on any atom is -0.410 e. The Balaban J connectivity index is 1.95. The lowest BCUT2D eigenvalue weighted by Gasteiger charge is -2.45. The summed E-state index contributed by atoms with van der Waals surface area (Å²) >= 11 is 0. The summed E-state index contributed by atoms with van der Waals surface area (Å²) < 4.78 is 14.3. The van der Waals surface area contributed by atoms with Crippen molar-refractivity contribution in [2.75, 3.05) is 0 Å². The van der Waals surface area contributed by atoms with Crippen molar-refractivity contribution in [3.63, 3.8) is 0 Å². The van der Waals surface area contributed by atoms with Gasteiger partial charge in [0.2, 0.25) is 0 Å². The van der Waals surface area contributed by atoms with E-state index in [1.165, 1.54) is 39.2 Å². The number of hydrogen-bond acceptors (Lipinski definition) is 3. The minimum absolute atomic E-state index is 0.0435. The van der Waals surface area contributed by atoms with Gasteiger partial charge in [0.25, 0.3) is 0 Å². The molecule has 2 heterocycles. The predicted molar refractivity (Wildman–Crippen MR) is 163 cm³/mol.